The van der Waals surface area contributed by atoms with Crippen molar-refractivity contribution in [1.82, 2.24) is 14.6 Å². The van der Waals surface area contributed by atoms with Gasteiger partial charge in [-0.3, -0.25) is 0 Å². The third-order valence-electron chi connectivity index (χ3n) is 2.58. The lowest BCUT2D eigenvalue weighted by Gasteiger charge is -2.27. The molecule has 0 saturated carbocycles. The first kappa shape index (κ1) is 12.7. The van der Waals surface area contributed by atoms with Gasteiger partial charge in [0.25, 0.3) is 0 Å². The lowest BCUT2D eigenvalue weighted by Crippen LogP contribution is -2.49. The molecule has 0 atom stereocenters. The van der Waals surface area contributed by atoms with E-state index in [1.54, 1.807) is 0 Å². The summed E-state index contributed by atoms with van der Waals surface area (Å²) in [6.45, 7) is -1.49. The molecule has 2 aromatic heterocycles. The predicted molar refractivity (Wildman–Crippen MR) is 60.6 cm³/mol. The summed E-state index contributed by atoms with van der Waals surface area (Å²) in [5.41, 5.74) is -0.912. The number of nitrogens with one attached hydrogen (secondary N) is 1. The number of hydrogen-bond donors (Lipinski definition) is 4. The Morgan fingerprint density at radius 3 is 2.50 bits per heavy atom. The van der Waals surface area contributed by atoms with Crippen LogP contribution in [0.2, 0.25) is 0 Å². The normalized spacial score (nSPS) is 12.0. The van der Waals surface area contributed by atoms with E-state index in [9.17, 15) is 4.39 Å². The van der Waals surface area contributed by atoms with Crippen molar-refractivity contribution in [1.29, 1.82) is 0 Å². The first-order valence-electron chi connectivity index (χ1n) is 5.25. The van der Waals surface area contributed by atoms with Crippen LogP contribution in [-0.2, 0) is 0 Å². The summed E-state index contributed by atoms with van der Waals surface area (Å²) >= 11 is 0. The van der Waals surface area contributed by atoms with E-state index in [2.05, 4.69) is 15.4 Å². The second-order valence-corrected chi connectivity index (χ2v) is 3.97. The SMILES string of the molecule is OCC(CO)(CO)Nc1nc2ccc(F)cn2n1. The van der Waals surface area contributed by atoms with Gasteiger partial charge in [-0.05, 0) is 12.1 Å². The molecule has 0 saturated heterocycles. The van der Waals surface area contributed by atoms with E-state index in [1.807, 2.05) is 0 Å². The van der Waals surface area contributed by atoms with Crippen molar-refractivity contribution in [3.63, 3.8) is 0 Å². The quantitative estimate of drug-likeness (QED) is 0.547. The van der Waals surface area contributed by atoms with Crippen LogP contribution in [0, 0.1) is 5.82 Å². The van der Waals surface area contributed by atoms with Crippen LogP contribution in [0.3, 0.4) is 0 Å². The van der Waals surface area contributed by atoms with Gasteiger partial charge in [0.15, 0.2) is 5.65 Å². The minimum atomic E-state index is -1.32. The molecule has 0 unspecified atom stereocenters. The number of pyridine rings is 1. The number of aromatic nitrogens is 3. The molecule has 2 heterocycles. The largest absolute Gasteiger partial charge is 0.394 e. The molecule has 0 aliphatic rings. The average Bonchev–Trinajstić information content (AvgIpc) is 2.77. The Balaban J connectivity index is 2.31. The summed E-state index contributed by atoms with van der Waals surface area (Å²) in [4.78, 5) is 4.02. The Morgan fingerprint density at radius 2 is 1.89 bits per heavy atom. The molecular formula is C10H13FN4O3. The van der Waals surface area contributed by atoms with E-state index < -0.39 is 31.2 Å². The van der Waals surface area contributed by atoms with Gasteiger partial charge in [-0.15, -0.1) is 5.10 Å². The summed E-state index contributed by atoms with van der Waals surface area (Å²) in [7, 11) is 0. The molecule has 0 spiro atoms. The second-order valence-electron chi connectivity index (χ2n) is 3.97. The number of fused-ring (bicyclic) bond motifs is 1. The highest BCUT2D eigenvalue weighted by Crippen LogP contribution is 2.13. The Labute approximate surface area is 102 Å². The molecule has 2 aromatic rings. The van der Waals surface area contributed by atoms with E-state index in [1.165, 1.54) is 16.6 Å². The molecule has 18 heavy (non-hydrogen) atoms. The van der Waals surface area contributed by atoms with Gasteiger partial charge >= 0.3 is 0 Å². The molecule has 4 N–H and O–H groups in total. The van der Waals surface area contributed by atoms with Gasteiger partial charge in [0.05, 0.1) is 26.0 Å². The van der Waals surface area contributed by atoms with E-state index in [0.717, 1.165) is 6.20 Å². The fourth-order valence-corrected chi connectivity index (χ4v) is 1.42. The van der Waals surface area contributed by atoms with E-state index in [0.29, 0.717) is 5.65 Å². The van der Waals surface area contributed by atoms with Crippen LogP contribution in [0.4, 0.5) is 10.3 Å². The third-order valence-corrected chi connectivity index (χ3v) is 2.58. The molecule has 0 amide bonds. The number of rotatable bonds is 5. The van der Waals surface area contributed by atoms with Crippen LogP contribution in [0.15, 0.2) is 18.3 Å². The van der Waals surface area contributed by atoms with Gasteiger partial charge in [-0.1, -0.05) is 0 Å². The standard InChI is InChI=1S/C10H13FN4O3/c11-7-1-2-8-12-9(14-15(8)3-7)13-10(4-16,5-17)6-18/h1-3,16-18H,4-6H2,(H,13,14). The van der Waals surface area contributed by atoms with E-state index in [4.69, 9.17) is 15.3 Å². The van der Waals surface area contributed by atoms with Gasteiger partial charge in [0, 0.05) is 0 Å². The molecule has 0 radical (unpaired) electrons. The smallest absolute Gasteiger partial charge is 0.243 e. The summed E-state index contributed by atoms with van der Waals surface area (Å²) in [5, 5.41) is 34.0. The highest BCUT2D eigenvalue weighted by atomic mass is 19.1. The number of hydrogen-bond acceptors (Lipinski definition) is 6. The lowest BCUT2D eigenvalue weighted by atomic mass is 10.0. The van der Waals surface area contributed by atoms with Crippen LogP contribution in [0.25, 0.3) is 5.65 Å². The number of anilines is 1. The van der Waals surface area contributed by atoms with Crippen molar-refractivity contribution >= 4 is 11.6 Å². The molecule has 0 fully saturated rings. The summed E-state index contributed by atoms with van der Waals surface area (Å²) in [6, 6.07) is 2.68. The van der Waals surface area contributed by atoms with Crippen molar-refractivity contribution in [2.45, 2.75) is 5.54 Å². The summed E-state index contributed by atoms with van der Waals surface area (Å²) < 4.78 is 14.2. The summed E-state index contributed by atoms with van der Waals surface area (Å²) in [6.07, 6.45) is 1.14. The average molecular weight is 256 g/mol. The Bertz CT molecular complexity index is 533. The number of aliphatic hydroxyl groups is 3. The molecular weight excluding hydrogens is 243 g/mol. The maximum atomic E-state index is 13.0. The molecule has 2 rings (SSSR count). The van der Waals surface area contributed by atoms with E-state index in [-0.39, 0.29) is 5.95 Å². The second kappa shape index (κ2) is 4.84. The van der Waals surface area contributed by atoms with E-state index >= 15 is 0 Å². The number of aliphatic hydroxyl groups excluding tert-OH is 3. The fraction of sp³-hybridized carbons (Fsp3) is 0.400. The molecule has 98 valence electrons. The van der Waals surface area contributed by atoms with Crippen molar-refractivity contribution < 1.29 is 19.7 Å². The minimum Gasteiger partial charge on any atom is -0.394 e. The van der Waals surface area contributed by atoms with Crippen LogP contribution >= 0.6 is 0 Å². The molecule has 7 nitrogen and oxygen atoms in total. The highest BCUT2D eigenvalue weighted by molar-refractivity contribution is 5.44. The molecule has 0 bridgehead atoms. The number of nitrogens with zero attached hydrogens (tertiary/aromatic N) is 3. The van der Waals surface area contributed by atoms with Gasteiger partial charge < -0.3 is 20.6 Å². The van der Waals surface area contributed by atoms with Crippen LogP contribution in [0.5, 0.6) is 0 Å². The zero-order valence-electron chi connectivity index (χ0n) is 9.41. The topological polar surface area (TPSA) is 103 Å². The highest BCUT2D eigenvalue weighted by Gasteiger charge is 2.29. The minimum absolute atomic E-state index is 0.0813. The van der Waals surface area contributed by atoms with Crippen molar-refractivity contribution in [3.05, 3.63) is 24.1 Å². The third kappa shape index (κ3) is 2.26. The maximum Gasteiger partial charge on any atom is 0.243 e. The van der Waals surface area contributed by atoms with Crippen LogP contribution < -0.4 is 5.32 Å². The maximum absolute atomic E-state index is 13.0. The molecule has 0 aliphatic carbocycles. The molecule has 0 aliphatic heterocycles. The van der Waals surface area contributed by atoms with Crippen molar-refractivity contribution in [2.24, 2.45) is 0 Å². The Kier molecular flexibility index (Phi) is 3.41. The van der Waals surface area contributed by atoms with Crippen LogP contribution in [-0.4, -0.2) is 55.3 Å². The first-order valence-corrected chi connectivity index (χ1v) is 5.25. The van der Waals surface area contributed by atoms with Crippen molar-refractivity contribution in [2.75, 3.05) is 25.1 Å². The fourth-order valence-electron chi connectivity index (χ4n) is 1.42. The van der Waals surface area contributed by atoms with Crippen LogP contribution in [0.1, 0.15) is 0 Å². The number of halogens is 1. The summed E-state index contributed by atoms with van der Waals surface area (Å²) in [5.74, 6) is -0.380. The van der Waals surface area contributed by atoms with Gasteiger partial charge in [-0.2, -0.15) is 4.98 Å². The predicted octanol–water partition coefficient (Wildman–Crippen LogP) is -1.00. The van der Waals surface area contributed by atoms with Gasteiger partial charge in [0.2, 0.25) is 5.95 Å². The molecule has 0 aromatic carbocycles. The molecule has 8 heteroatoms. The Hall–Kier alpha value is -1.77. The zero-order chi connectivity index (χ0) is 13.2. The monoisotopic (exact) mass is 256 g/mol. The zero-order valence-corrected chi connectivity index (χ0v) is 9.41. The van der Waals surface area contributed by atoms with Gasteiger partial charge in [0.1, 0.15) is 11.4 Å². The van der Waals surface area contributed by atoms with Crippen molar-refractivity contribution in [3.8, 4) is 0 Å². The lowest BCUT2D eigenvalue weighted by molar-refractivity contribution is 0.0828. The van der Waals surface area contributed by atoms with Gasteiger partial charge in [-0.25, -0.2) is 8.91 Å². The Morgan fingerprint density at radius 1 is 1.22 bits per heavy atom. The first-order chi connectivity index (χ1) is 8.62.